The third-order valence-electron chi connectivity index (χ3n) is 7.18. The molecular formula is C32H28FN3O. The number of hydrogen-bond donors (Lipinski definition) is 3. The van der Waals surface area contributed by atoms with E-state index >= 15 is 0 Å². The molecular weight excluding hydrogens is 461 g/mol. The van der Waals surface area contributed by atoms with E-state index in [0.717, 1.165) is 33.3 Å². The second kappa shape index (κ2) is 10.0. The molecule has 0 fully saturated rings. The van der Waals surface area contributed by atoms with Crippen LogP contribution in [0.1, 0.15) is 28.4 Å². The maximum atomic E-state index is 13.5. The smallest absolute Gasteiger partial charge is 0.237 e. The zero-order valence-corrected chi connectivity index (χ0v) is 20.4. The molecule has 4 aromatic carbocycles. The SMILES string of the molecule is O=C(NCCc1cccc(F)c1)C1Cc2c([nH]c3ccccc23)C(c2ccc(-c3ccccc3)cc2)N1. The van der Waals surface area contributed by atoms with Gasteiger partial charge in [0.05, 0.1) is 12.1 Å². The first kappa shape index (κ1) is 23.2. The molecule has 1 aliphatic rings. The highest BCUT2D eigenvalue weighted by molar-refractivity contribution is 5.88. The first-order chi connectivity index (χ1) is 18.2. The number of H-pyrrole nitrogens is 1. The molecule has 37 heavy (non-hydrogen) atoms. The van der Waals surface area contributed by atoms with Crippen molar-refractivity contribution >= 4 is 16.8 Å². The molecule has 0 saturated carbocycles. The van der Waals surface area contributed by atoms with Crippen LogP contribution in [0.25, 0.3) is 22.0 Å². The highest BCUT2D eigenvalue weighted by atomic mass is 19.1. The fraction of sp³-hybridized carbons (Fsp3) is 0.156. The van der Waals surface area contributed by atoms with Gasteiger partial charge in [0.25, 0.3) is 0 Å². The molecule has 4 nitrogen and oxygen atoms in total. The summed E-state index contributed by atoms with van der Waals surface area (Å²) in [4.78, 5) is 16.9. The summed E-state index contributed by atoms with van der Waals surface area (Å²) in [6.45, 7) is 0.456. The van der Waals surface area contributed by atoms with Crippen molar-refractivity contribution in [1.29, 1.82) is 0 Å². The Bertz CT molecular complexity index is 1540. The zero-order valence-electron chi connectivity index (χ0n) is 20.4. The van der Waals surface area contributed by atoms with Gasteiger partial charge in [-0.15, -0.1) is 0 Å². The molecule has 3 N–H and O–H groups in total. The average molecular weight is 490 g/mol. The van der Waals surface area contributed by atoms with Gasteiger partial charge in [-0.25, -0.2) is 4.39 Å². The van der Waals surface area contributed by atoms with Crippen LogP contribution in [-0.4, -0.2) is 23.5 Å². The maximum Gasteiger partial charge on any atom is 0.237 e. The number of carbonyl (C=O) groups is 1. The lowest BCUT2D eigenvalue weighted by Crippen LogP contribution is -2.50. The number of nitrogens with one attached hydrogen (secondary N) is 3. The molecule has 5 heteroatoms. The number of para-hydroxylation sites is 1. The van der Waals surface area contributed by atoms with Gasteiger partial charge in [-0.2, -0.15) is 0 Å². The minimum absolute atomic E-state index is 0.0433. The van der Waals surface area contributed by atoms with Crippen LogP contribution in [-0.2, 0) is 17.6 Å². The zero-order chi connectivity index (χ0) is 25.2. The number of rotatable bonds is 6. The van der Waals surface area contributed by atoms with Crippen molar-refractivity contribution in [1.82, 2.24) is 15.6 Å². The third kappa shape index (κ3) is 4.78. The number of aromatic nitrogens is 1. The van der Waals surface area contributed by atoms with Crippen molar-refractivity contribution in [2.45, 2.75) is 24.9 Å². The van der Waals surface area contributed by atoms with Crippen LogP contribution in [0, 0.1) is 5.82 Å². The van der Waals surface area contributed by atoms with Gasteiger partial charge in [0.2, 0.25) is 5.91 Å². The first-order valence-electron chi connectivity index (χ1n) is 12.7. The number of halogens is 1. The number of amides is 1. The highest BCUT2D eigenvalue weighted by Gasteiger charge is 2.33. The molecule has 0 spiro atoms. The number of carbonyl (C=O) groups excluding carboxylic acids is 1. The molecule has 0 radical (unpaired) electrons. The summed E-state index contributed by atoms with van der Waals surface area (Å²) < 4.78 is 13.5. The number of fused-ring (bicyclic) bond motifs is 3. The van der Waals surface area contributed by atoms with Crippen molar-refractivity contribution in [3.8, 4) is 11.1 Å². The van der Waals surface area contributed by atoms with Crippen molar-refractivity contribution in [3.05, 3.63) is 131 Å². The molecule has 0 aliphatic carbocycles. The summed E-state index contributed by atoms with van der Waals surface area (Å²) in [5.74, 6) is -0.302. The van der Waals surface area contributed by atoms with E-state index in [1.54, 1.807) is 6.07 Å². The minimum Gasteiger partial charge on any atom is -0.357 e. The molecule has 6 rings (SSSR count). The molecule has 2 unspecified atom stereocenters. The largest absolute Gasteiger partial charge is 0.357 e. The normalized spacial score (nSPS) is 16.9. The van der Waals surface area contributed by atoms with E-state index in [-0.39, 0.29) is 23.8 Å². The Balaban J connectivity index is 1.26. The number of aromatic amines is 1. The van der Waals surface area contributed by atoms with Gasteiger partial charge in [0, 0.05) is 23.1 Å². The van der Waals surface area contributed by atoms with E-state index in [0.29, 0.717) is 19.4 Å². The van der Waals surface area contributed by atoms with E-state index in [4.69, 9.17) is 0 Å². The van der Waals surface area contributed by atoms with E-state index in [2.05, 4.69) is 64.1 Å². The Morgan fingerprint density at radius 1 is 0.865 bits per heavy atom. The first-order valence-corrected chi connectivity index (χ1v) is 12.7. The molecule has 0 bridgehead atoms. The minimum atomic E-state index is -0.377. The van der Waals surface area contributed by atoms with Crippen LogP contribution in [0.3, 0.4) is 0 Å². The molecule has 1 amide bonds. The van der Waals surface area contributed by atoms with Crippen molar-refractivity contribution in [3.63, 3.8) is 0 Å². The summed E-state index contributed by atoms with van der Waals surface area (Å²) in [6.07, 6.45) is 1.18. The van der Waals surface area contributed by atoms with Gasteiger partial charge in [-0.1, -0.05) is 84.9 Å². The van der Waals surface area contributed by atoms with Crippen LogP contribution in [0.15, 0.2) is 103 Å². The van der Waals surface area contributed by atoms with E-state index in [1.807, 2.05) is 36.4 Å². The summed E-state index contributed by atoms with van der Waals surface area (Å²) in [5, 5.41) is 7.82. The van der Waals surface area contributed by atoms with E-state index < -0.39 is 0 Å². The molecule has 1 aromatic heterocycles. The lowest BCUT2D eigenvalue weighted by molar-refractivity contribution is -0.123. The average Bonchev–Trinajstić information content (AvgIpc) is 3.32. The summed E-state index contributed by atoms with van der Waals surface area (Å²) >= 11 is 0. The third-order valence-corrected chi connectivity index (χ3v) is 7.18. The molecule has 1 aliphatic heterocycles. The lowest BCUT2D eigenvalue weighted by Gasteiger charge is -2.31. The van der Waals surface area contributed by atoms with Crippen molar-refractivity contribution in [2.75, 3.05) is 6.54 Å². The predicted molar refractivity (Wildman–Crippen MR) is 146 cm³/mol. The van der Waals surface area contributed by atoms with Crippen LogP contribution < -0.4 is 10.6 Å². The Morgan fingerprint density at radius 2 is 1.62 bits per heavy atom. The van der Waals surface area contributed by atoms with Gasteiger partial charge >= 0.3 is 0 Å². The Labute approximate surface area is 215 Å². The second-order valence-electron chi connectivity index (χ2n) is 9.58. The molecule has 0 saturated heterocycles. The predicted octanol–water partition coefficient (Wildman–Crippen LogP) is 5.94. The summed E-state index contributed by atoms with van der Waals surface area (Å²) in [5.41, 5.74) is 7.66. The Kier molecular flexibility index (Phi) is 6.29. The molecule has 2 heterocycles. The standard InChI is InChI=1S/C32H28FN3O/c33-25-10-6-7-21(19-25)17-18-34-32(37)29-20-27-26-11-4-5-12-28(26)35-31(27)30(36-29)24-15-13-23(14-16-24)22-8-2-1-3-9-22/h1-16,19,29-30,35-36H,17-18,20H2,(H,34,37). The fourth-order valence-corrected chi connectivity index (χ4v) is 5.31. The van der Waals surface area contributed by atoms with Crippen LogP contribution >= 0.6 is 0 Å². The van der Waals surface area contributed by atoms with Gasteiger partial charge in [-0.05, 0) is 58.9 Å². The number of benzene rings is 4. The Morgan fingerprint density at radius 3 is 2.43 bits per heavy atom. The van der Waals surface area contributed by atoms with Crippen LogP contribution in [0.4, 0.5) is 4.39 Å². The fourth-order valence-electron chi connectivity index (χ4n) is 5.31. The van der Waals surface area contributed by atoms with Crippen molar-refractivity contribution in [2.24, 2.45) is 0 Å². The molecule has 5 aromatic rings. The van der Waals surface area contributed by atoms with Gasteiger partial charge in [-0.3, -0.25) is 10.1 Å². The quantitative estimate of drug-likeness (QED) is 0.277. The van der Waals surface area contributed by atoms with Gasteiger partial charge < -0.3 is 10.3 Å². The summed E-state index contributed by atoms with van der Waals surface area (Å²) in [6, 6.07) is 33.1. The molecule has 184 valence electrons. The highest BCUT2D eigenvalue weighted by Crippen LogP contribution is 2.36. The number of hydrogen-bond acceptors (Lipinski definition) is 2. The molecule has 2 atom stereocenters. The van der Waals surface area contributed by atoms with Crippen LogP contribution in [0.2, 0.25) is 0 Å². The van der Waals surface area contributed by atoms with Crippen molar-refractivity contribution < 1.29 is 9.18 Å². The lowest BCUT2D eigenvalue weighted by atomic mass is 9.89. The maximum absolute atomic E-state index is 13.5. The van der Waals surface area contributed by atoms with E-state index in [9.17, 15) is 9.18 Å². The topological polar surface area (TPSA) is 56.9 Å². The van der Waals surface area contributed by atoms with E-state index in [1.165, 1.54) is 23.3 Å². The second-order valence-corrected chi connectivity index (χ2v) is 9.58. The Hall–Kier alpha value is -4.22. The van der Waals surface area contributed by atoms with Gasteiger partial charge in [0.1, 0.15) is 5.82 Å². The van der Waals surface area contributed by atoms with Crippen LogP contribution in [0.5, 0.6) is 0 Å². The van der Waals surface area contributed by atoms with Gasteiger partial charge in [0.15, 0.2) is 0 Å². The monoisotopic (exact) mass is 489 g/mol. The summed E-state index contributed by atoms with van der Waals surface area (Å²) in [7, 11) is 0.